The molecule has 1 nitrogen and oxygen atoms in total. The molecule has 58 valence electrons. The molecule has 0 aromatic heterocycles. The Morgan fingerprint density at radius 2 is 2.00 bits per heavy atom. The van der Waals surface area contributed by atoms with Gasteiger partial charge in [0.25, 0.3) is 3.12 Å². The van der Waals surface area contributed by atoms with E-state index in [-0.39, 0.29) is 0 Å². The standard InChI is InChI=1S/C5H5Cl3OS/c1-2-3-4-10(9)5(6,7)8/h2,4H,1H3. The van der Waals surface area contributed by atoms with Crippen LogP contribution in [0.15, 0.2) is 17.2 Å². The molecule has 0 aliphatic heterocycles. The van der Waals surface area contributed by atoms with Gasteiger partial charge in [0.2, 0.25) is 0 Å². The van der Waals surface area contributed by atoms with E-state index in [0.717, 1.165) is 0 Å². The molecule has 0 aromatic rings. The van der Waals surface area contributed by atoms with Gasteiger partial charge < -0.3 is 0 Å². The highest BCUT2D eigenvalue weighted by Crippen LogP contribution is 2.30. The minimum atomic E-state index is -1.74. The lowest BCUT2D eigenvalue weighted by molar-refractivity contribution is 0.688. The summed E-state index contributed by atoms with van der Waals surface area (Å²) in [5, 5.41) is 1.20. The van der Waals surface area contributed by atoms with Gasteiger partial charge in [0.1, 0.15) is 10.8 Å². The smallest absolute Gasteiger partial charge is 0.250 e. The van der Waals surface area contributed by atoms with Crippen molar-refractivity contribution in [3.63, 3.8) is 0 Å². The van der Waals surface area contributed by atoms with E-state index in [1.165, 1.54) is 5.41 Å². The van der Waals surface area contributed by atoms with Crippen LogP contribution in [0.4, 0.5) is 0 Å². The molecule has 0 N–H and O–H groups in total. The van der Waals surface area contributed by atoms with E-state index in [1.807, 2.05) is 0 Å². The third kappa shape index (κ3) is 4.37. The van der Waals surface area contributed by atoms with E-state index in [4.69, 9.17) is 34.8 Å². The Labute approximate surface area is 77.1 Å². The van der Waals surface area contributed by atoms with Crippen molar-refractivity contribution in [1.82, 2.24) is 0 Å². The molecule has 1 atom stereocenters. The highest BCUT2D eigenvalue weighted by molar-refractivity contribution is 7.93. The van der Waals surface area contributed by atoms with Crippen LogP contribution in [0.2, 0.25) is 0 Å². The van der Waals surface area contributed by atoms with Crippen LogP contribution in [0.3, 0.4) is 0 Å². The van der Waals surface area contributed by atoms with Crippen molar-refractivity contribution in [3.8, 4) is 0 Å². The molecule has 0 bridgehead atoms. The quantitative estimate of drug-likeness (QED) is 0.490. The van der Waals surface area contributed by atoms with Crippen LogP contribution >= 0.6 is 34.8 Å². The van der Waals surface area contributed by atoms with E-state index in [0.29, 0.717) is 0 Å². The molecule has 0 spiro atoms. The molecular weight excluding hydrogens is 214 g/mol. The predicted molar refractivity (Wildman–Crippen MR) is 46.8 cm³/mol. The number of rotatable bonds is 1. The zero-order valence-corrected chi connectivity index (χ0v) is 8.19. The second-order valence-electron chi connectivity index (χ2n) is 1.32. The second-order valence-corrected chi connectivity index (χ2v) is 5.71. The van der Waals surface area contributed by atoms with Gasteiger partial charge in [-0.05, 0) is 13.0 Å². The van der Waals surface area contributed by atoms with Gasteiger partial charge in [0.05, 0.1) is 0 Å². The summed E-state index contributed by atoms with van der Waals surface area (Å²) < 4.78 is 9.06. The molecule has 5 heteroatoms. The fourth-order valence-electron chi connectivity index (χ4n) is 0.197. The fourth-order valence-corrected chi connectivity index (χ4v) is 0.991. The van der Waals surface area contributed by atoms with Crippen molar-refractivity contribution in [2.24, 2.45) is 0 Å². The monoisotopic (exact) mass is 218 g/mol. The van der Waals surface area contributed by atoms with Gasteiger partial charge in [0, 0.05) is 5.41 Å². The van der Waals surface area contributed by atoms with Crippen LogP contribution in [-0.2, 0) is 10.8 Å². The summed E-state index contributed by atoms with van der Waals surface area (Å²) in [4.78, 5) is 0. The van der Waals surface area contributed by atoms with E-state index in [9.17, 15) is 4.21 Å². The zero-order valence-electron chi connectivity index (χ0n) is 5.11. The number of halogens is 3. The molecule has 0 saturated carbocycles. The minimum Gasteiger partial charge on any atom is -0.250 e. The van der Waals surface area contributed by atoms with Crippen LogP contribution in [0.25, 0.3) is 0 Å². The Hall–Kier alpha value is 0.540. The average Bonchev–Trinajstić information content (AvgIpc) is 1.80. The van der Waals surface area contributed by atoms with Gasteiger partial charge in [-0.1, -0.05) is 34.8 Å². The van der Waals surface area contributed by atoms with Crippen molar-refractivity contribution in [1.29, 1.82) is 0 Å². The van der Waals surface area contributed by atoms with Crippen LogP contribution in [0.1, 0.15) is 6.92 Å². The first-order valence-electron chi connectivity index (χ1n) is 2.33. The van der Waals surface area contributed by atoms with Crippen molar-refractivity contribution in [2.45, 2.75) is 10.0 Å². The Balaban J connectivity index is 4.26. The number of hydrogen-bond donors (Lipinski definition) is 0. The summed E-state index contributed by atoms with van der Waals surface area (Å²) in [6.45, 7) is 1.73. The number of hydrogen-bond acceptors (Lipinski definition) is 1. The number of alkyl halides is 3. The average molecular weight is 220 g/mol. The lowest BCUT2D eigenvalue weighted by Crippen LogP contribution is -2.07. The van der Waals surface area contributed by atoms with E-state index in [1.54, 1.807) is 13.0 Å². The summed E-state index contributed by atoms with van der Waals surface area (Å²) in [7, 11) is -1.61. The molecule has 0 heterocycles. The summed E-state index contributed by atoms with van der Waals surface area (Å²) >= 11 is 15.8. The third-order valence-corrected chi connectivity index (χ3v) is 2.75. The second kappa shape index (κ2) is 4.42. The maximum atomic E-state index is 10.8. The molecule has 10 heavy (non-hydrogen) atoms. The van der Waals surface area contributed by atoms with Crippen molar-refractivity contribution >= 4 is 45.6 Å². The summed E-state index contributed by atoms with van der Waals surface area (Å²) in [6, 6.07) is 0. The van der Waals surface area contributed by atoms with Crippen LogP contribution in [-0.4, -0.2) is 7.33 Å². The first kappa shape index (κ1) is 10.5. The van der Waals surface area contributed by atoms with Gasteiger partial charge >= 0.3 is 0 Å². The summed E-state index contributed by atoms with van der Waals surface area (Å²) in [6.07, 6.45) is 1.58. The van der Waals surface area contributed by atoms with Gasteiger partial charge in [-0.3, -0.25) is 0 Å². The van der Waals surface area contributed by atoms with E-state index in [2.05, 4.69) is 5.73 Å². The molecule has 1 unspecified atom stereocenters. The van der Waals surface area contributed by atoms with Crippen LogP contribution < -0.4 is 0 Å². The molecular formula is C5H5Cl3OS. The SMILES string of the molecule is CC=C=CS(=O)C(Cl)(Cl)Cl. The van der Waals surface area contributed by atoms with E-state index < -0.39 is 13.9 Å². The molecule has 0 saturated heterocycles. The first-order valence-corrected chi connectivity index (χ1v) is 4.68. The molecule has 0 rings (SSSR count). The largest absolute Gasteiger partial charge is 0.270 e. The first-order chi connectivity index (χ1) is 4.48. The van der Waals surface area contributed by atoms with Crippen LogP contribution in [0.5, 0.6) is 0 Å². The Morgan fingerprint density at radius 1 is 1.50 bits per heavy atom. The van der Waals surface area contributed by atoms with Gasteiger partial charge in [-0.25, -0.2) is 4.21 Å². The lowest BCUT2D eigenvalue weighted by Gasteiger charge is -2.03. The Kier molecular flexibility index (Phi) is 4.66. The normalized spacial score (nSPS) is 13.6. The minimum absolute atomic E-state index is 1.20. The molecule has 0 aromatic carbocycles. The fraction of sp³-hybridized carbons (Fsp3) is 0.400. The molecule has 0 amide bonds. The molecule has 0 fully saturated rings. The van der Waals surface area contributed by atoms with Crippen LogP contribution in [0, 0.1) is 0 Å². The number of allylic oxidation sites excluding steroid dienone is 1. The topological polar surface area (TPSA) is 17.1 Å². The summed E-state index contributed by atoms with van der Waals surface area (Å²) in [5.74, 6) is 0. The summed E-state index contributed by atoms with van der Waals surface area (Å²) in [5.41, 5.74) is 2.55. The van der Waals surface area contributed by atoms with Crippen molar-refractivity contribution < 1.29 is 4.21 Å². The zero-order chi connectivity index (χ0) is 8.20. The third-order valence-electron chi connectivity index (χ3n) is 0.570. The molecule has 0 aliphatic carbocycles. The predicted octanol–water partition coefficient (Wildman–Crippen LogP) is 2.75. The van der Waals surface area contributed by atoms with Crippen molar-refractivity contribution in [2.75, 3.05) is 0 Å². The van der Waals surface area contributed by atoms with Gasteiger partial charge in [-0.15, -0.1) is 5.73 Å². The lowest BCUT2D eigenvalue weighted by atomic mass is 10.7. The Bertz CT molecular complexity index is 188. The molecule has 0 aliphatic rings. The van der Waals surface area contributed by atoms with Gasteiger partial charge in [0.15, 0.2) is 0 Å². The van der Waals surface area contributed by atoms with E-state index >= 15 is 0 Å². The Morgan fingerprint density at radius 3 is 2.30 bits per heavy atom. The highest BCUT2D eigenvalue weighted by atomic mass is 35.6. The maximum Gasteiger partial charge on any atom is 0.270 e. The van der Waals surface area contributed by atoms with Crippen molar-refractivity contribution in [3.05, 3.63) is 17.2 Å². The highest BCUT2D eigenvalue weighted by Gasteiger charge is 2.26. The van der Waals surface area contributed by atoms with Gasteiger partial charge in [-0.2, -0.15) is 0 Å². The molecule has 0 radical (unpaired) electrons. The maximum absolute atomic E-state index is 10.8.